The van der Waals surface area contributed by atoms with E-state index in [-0.39, 0.29) is 17.0 Å². The van der Waals surface area contributed by atoms with E-state index in [1.165, 1.54) is 6.92 Å². The second kappa shape index (κ2) is 5.82. The molecule has 0 spiro atoms. The van der Waals surface area contributed by atoms with Crippen molar-refractivity contribution in [2.75, 3.05) is 12.3 Å². The molecule has 3 heterocycles. The van der Waals surface area contributed by atoms with E-state index in [1.54, 1.807) is 0 Å². The summed E-state index contributed by atoms with van der Waals surface area (Å²) < 4.78 is 20.9. The molecule has 1 aliphatic heterocycles. The van der Waals surface area contributed by atoms with Gasteiger partial charge in [0, 0.05) is 6.20 Å². The Hall–Kier alpha value is -2.45. The highest BCUT2D eigenvalue weighted by Crippen LogP contribution is 2.44. The summed E-state index contributed by atoms with van der Waals surface area (Å²) in [7, 11) is 0. The molecule has 0 bridgehead atoms. The number of aromatic nitrogens is 3. The van der Waals surface area contributed by atoms with Crippen LogP contribution in [0, 0.1) is 24.1 Å². The minimum absolute atomic E-state index is 0.180. The predicted molar refractivity (Wildman–Crippen MR) is 84.7 cm³/mol. The van der Waals surface area contributed by atoms with E-state index in [4.69, 9.17) is 16.9 Å². The summed E-state index contributed by atoms with van der Waals surface area (Å²) in [5.41, 5.74) is 2.45. The lowest BCUT2D eigenvalue weighted by molar-refractivity contribution is -0.0844. The van der Waals surface area contributed by atoms with E-state index in [0.717, 1.165) is 10.8 Å². The van der Waals surface area contributed by atoms with Crippen molar-refractivity contribution in [2.24, 2.45) is 5.92 Å². The summed E-state index contributed by atoms with van der Waals surface area (Å²) in [5.74, 6) is -0.0592. The van der Waals surface area contributed by atoms with Gasteiger partial charge in [-0.05, 0) is 6.92 Å². The normalized spacial score (nSPS) is 30.5. The summed E-state index contributed by atoms with van der Waals surface area (Å²) in [4.78, 5) is 18.0. The number of nitrogens with one attached hydrogen (secondary N) is 1. The van der Waals surface area contributed by atoms with Crippen molar-refractivity contribution in [3.63, 3.8) is 0 Å². The minimum Gasteiger partial charge on any atom is -0.396 e. The highest BCUT2D eigenvalue weighted by atomic mass is 19.1. The van der Waals surface area contributed by atoms with Crippen LogP contribution in [0.15, 0.2) is 11.0 Å². The van der Waals surface area contributed by atoms with E-state index in [2.05, 4.69) is 15.9 Å². The molecular formula is C15H17FN4O5. The number of rotatable bonds is 3. The number of ether oxygens (including phenoxy) is 1. The average molecular weight is 352 g/mol. The molecule has 1 fully saturated rings. The Bertz CT molecular complexity index is 917. The van der Waals surface area contributed by atoms with Crippen LogP contribution in [-0.2, 0) is 4.74 Å². The van der Waals surface area contributed by atoms with Crippen LogP contribution in [0.2, 0.25) is 0 Å². The van der Waals surface area contributed by atoms with Gasteiger partial charge in [-0.15, -0.1) is 6.42 Å². The van der Waals surface area contributed by atoms with Crippen molar-refractivity contribution in [1.82, 2.24) is 14.5 Å². The van der Waals surface area contributed by atoms with Crippen LogP contribution in [-0.4, -0.2) is 54.3 Å². The van der Waals surface area contributed by atoms with Gasteiger partial charge in [0.15, 0.2) is 23.3 Å². The Morgan fingerprint density at radius 2 is 2.36 bits per heavy atom. The third-order valence-electron chi connectivity index (χ3n) is 4.43. The smallest absolute Gasteiger partial charge is 0.264 e. The maximum absolute atomic E-state index is 14.2. The molecule has 6 N–H and O–H groups in total. The van der Waals surface area contributed by atoms with Gasteiger partial charge in [0.05, 0.1) is 24.7 Å². The number of nitrogen functional groups attached to an aromatic ring is 1. The Morgan fingerprint density at radius 3 is 2.92 bits per heavy atom. The summed E-state index contributed by atoms with van der Waals surface area (Å²) in [6, 6.07) is 0. The third kappa shape index (κ3) is 2.40. The number of aliphatic hydroxyl groups is 3. The van der Waals surface area contributed by atoms with Crippen molar-refractivity contribution in [2.45, 2.75) is 31.0 Å². The molecule has 0 saturated carbocycles. The molecule has 2 aromatic heterocycles. The molecule has 10 heteroatoms. The van der Waals surface area contributed by atoms with Gasteiger partial charge >= 0.3 is 0 Å². The van der Waals surface area contributed by atoms with Crippen LogP contribution < -0.4 is 11.3 Å². The number of hydrogen-bond acceptors (Lipinski definition) is 7. The maximum atomic E-state index is 14.2. The van der Waals surface area contributed by atoms with E-state index in [1.807, 2.05) is 0 Å². The highest BCUT2D eigenvalue weighted by Gasteiger charge is 2.57. The zero-order valence-electron chi connectivity index (χ0n) is 13.2. The van der Waals surface area contributed by atoms with E-state index in [9.17, 15) is 24.5 Å². The first-order valence-electron chi connectivity index (χ1n) is 7.45. The quantitative estimate of drug-likeness (QED) is 0.431. The first kappa shape index (κ1) is 17.4. The van der Waals surface area contributed by atoms with Gasteiger partial charge in [0.25, 0.3) is 5.56 Å². The number of H-pyrrole nitrogens is 1. The van der Waals surface area contributed by atoms with E-state index >= 15 is 0 Å². The molecule has 3 rings (SSSR count). The lowest BCUT2D eigenvalue weighted by Gasteiger charge is -2.28. The van der Waals surface area contributed by atoms with Gasteiger partial charge in [-0.2, -0.15) is 4.98 Å². The first-order valence-corrected chi connectivity index (χ1v) is 7.45. The molecular weight excluding hydrogens is 335 g/mol. The fourth-order valence-electron chi connectivity index (χ4n) is 3.24. The number of nitrogens with zero attached hydrogens (tertiary/aromatic N) is 2. The van der Waals surface area contributed by atoms with Crippen LogP contribution in [0.4, 0.5) is 10.3 Å². The predicted octanol–water partition coefficient (Wildman–Crippen LogP) is -1.30. The molecule has 2 aromatic rings. The van der Waals surface area contributed by atoms with Crippen LogP contribution in [0.1, 0.15) is 13.2 Å². The van der Waals surface area contributed by atoms with Crippen molar-refractivity contribution >= 4 is 17.0 Å². The highest BCUT2D eigenvalue weighted by molar-refractivity contribution is 5.77. The SMILES string of the molecule is C#CC1(O)C(CO)[C@@H]([C@@H](C)O)O[C@H]1n1cc(F)c2c(=O)[nH]c(N)nc21. The van der Waals surface area contributed by atoms with Crippen LogP contribution >= 0.6 is 0 Å². The molecule has 25 heavy (non-hydrogen) atoms. The lowest BCUT2D eigenvalue weighted by atomic mass is 9.84. The number of nitrogens with two attached hydrogens (primary N) is 1. The Balaban J connectivity index is 2.24. The number of halogens is 1. The number of hydrogen-bond donors (Lipinski definition) is 5. The van der Waals surface area contributed by atoms with Gasteiger partial charge < -0.3 is 25.8 Å². The number of aliphatic hydroxyl groups excluding tert-OH is 2. The molecule has 0 radical (unpaired) electrons. The molecule has 5 atom stereocenters. The molecule has 134 valence electrons. The molecule has 1 aliphatic rings. The Morgan fingerprint density at radius 1 is 1.68 bits per heavy atom. The zero-order valence-corrected chi connectivity index (χ0v) is 13.2. The molecule has 0 amide bonds. The fraction of sp³-hybridized carbons (Fsp3) is 0.467. The molecule has 0 aliphatic carbocycles. The van der Waals surface area contributed by atoms with Crippen molar-refractivity contribution in [3.05, 3.63) is 22.4 Å². The van der Waals surface area contributed by atoms with Gasteiger partial charge in [0.2, 0.25) is 5.95 Å². The van der Waals surface area contributed by atoms with Crippen LogP contribution in [0.3, 0.4) is 0 Å². The number of fused-ring (bicyclic) bond motifs is 1. The standard InChI is InChI=1S/C15H17FN4O5/c1-3-15(24)7(5-21)10(6(2)22)25-13(15)20-4-8(16)9-11(20)18-14(17)19-12(9)23/h1,4,6-7,10,13,21-22,24H,5H2,2H3,(H3,17,18,19,23)/t6-,7?,10-,13-,15?/m1/s1. The first-order chi connectivity index (χ1) is 11.7. The molecule has 1 saturated heterocycles. The third-order valence-corrected chi connectivity index (χ3v) is 4.43. The van der Waals surface area contributed by atoms with Gasteiger partial charge in [-0.3, -0.25) is 14.3 Å². The number of aromatic amines is 1. The van der Waals surface area contributed by atoms with Crippen molar-refractivity contribution < 1.29 is 24.4 Å². The summed E-state index contributed by atoms with van der Waals surface area (Å²) in [6.07, 6.45) is 2.86. The monoisotopic (exact) mass is 352 g/mol. The fourth-order valence-corrected chi connectivity index (χ4v) is 3.24. The summed E-state index contributed by atoms with van der Waals surface area (Å²) in [5, 5.41) is 30.0. The Kier molecular flexibility index (Phi) is 4.04. The number of terminal acetylenes is 1. The van der Waals surface area contributed by atoms with Crippen molar-refractivity contribution in [3.8, 4) is 12.3 Å². The second-order valence-electron chi connectivity index (χ2n) is 5.99. The molecule has 2 unspecified atom stereocenters. The summed E-state index contributed by atoms with van der Waals surface area (Å²) >= 11 is 0. The average Bonchev–Trinajstić information content (AvgIpc) is 3.02. The van der Waals surface area contributed by atoms with Gasteiger partial charge in [-0.25, -0.2) is 4.39 Å². The van der Waals surface area contributed by atoms with Crippen molar-refractivity contribution in [1.29, 1.82) is 0 Å². The summed E-state index contributed by atoms with van der Waals surface area (Å²) in [6.45, 7) is 0.826. The molecule has 0 aromatic carbocycles. The van der Waals surface area contributed by atoms with Gasteiger partial charge in [-0.1, -0.05) is 5.92 Å². The second-order valence-corrected chi connectivity index (χ2v) is 5.99. The minimum atomic E-state index is -2.08. The van der Waals surface area contributed by atoms with Crippen LogP contribution in [0.25, 0.3) is 11.0 Å². The van der Waals surface area contributed by atoms with Crippen LogP contribution in [0.5, 0.6) is 0 Å². The number of anilines is 1. The lowest BCUT2D eigenvalue weighted by Crippen LogP contribution is -2.44. The zero-order chi connectivity index (χ0) is 18.5. The van der Waals surface area contributed by atoms with E-state index in [0.29, 0.717) is 0 Å². The maximum Gasteiger partial charge on any atom is 0.264 e. The van der Waals surface area contributed by atoms with Gasteiger partial charge in [0.1, 0.15) is 5.39 Å². The van der Waals surface area contributed by atoms with E-state index < -0.39 is 47.9 Å². The Labute approximate surface area is 140 Å². The molecule has 9 nitrogen and oxygen atoms in total. The largest absolute Gasteiger partial charge is 0.396 e. The topological polar surface area (TPSA) is 147 Å².